The molecular weight excluding hydrogens is 282 g/mol. The van der Waals surface area contributed by atoms with Crippen LogP contribution in [0.2, 0.25) is 0 Å². The highest BCUT2D eigenvalue weighted by molar-refractivity contribution is 5.98. The van der Waals surface area contributed by atoms with E-state index in [0.29, 0.717) is 30.7 Å². The van der Waals surface area contributed by atoms with E-state index < -0.39 is 5.97 Å². The van der Waals surface area contributed by atoms with Gasteiger partial charge in [0.2, 0.25) is 0 Å². The first kappa shape index (κ1) is 15.0. The molecule has 1 aromatic carbocycles. The van der Waals surface area contributed by atoms with Crippen LogP contribution >= 0.6 is 0 Å². The van der Waals surface area contributed by atoms with Crippen molar-refractivity contribution in [2.75, 3.05) is 19.8 Å². The van der Waals surface area contributed by atoms with Crippen LogP contribution in [0.4, 0.5) is 0 Å². The third kappa shape index (κ3) is 3.30. The molecule has 0 spiro atoms. The molecule has 5 nitrogen and oxygen atoms in total. The van der Waals surface area contributed by atoms with E-state index in [4.69, 9.17) is 9.84 Å². The Hall–Kier alpha value is -1.88. The Balaban J connectivity index is 1.81. The number of ether oxygens (including phenoxy) is 1. The number of hydrogen-bond acceptors (Lipinski definition) is 3. The van der Waals surface area contributed by atoms with E-state index in [2.05, 4.69) is 0 Å². The Morgan fingerprint density at radius 2 is 1.95 bits per heavy atom. The van der Waals surface area contributed by atoms with E-state index >= 15 is 0 Å². The SMILES string of the molecule is Cc1cc(C(=O)O)cc(C(=O)N(CC2CCOC2)C2CC2)c1. The molecule has 1 saturated heterocycles. The molecule has 118 valence electrons. The zero-order valence-corrected chi connectivity index (χ0v) is 12.7. The lowest BCUT2D eigenvalue weighted by molar-refractivity contribution is 0.0696. The summed E-state index contributed by atoms with van der Waals surface area (Å²) in [7, 11) is 0. The fraction of sp³-hybridized carbons (Fsp3) is 0.529. The van der Waals surface area contributed by atoms with Crippen LogP contribution in [-0.2, 0) is 4.74 Å². The summed E-state index contributed by atoms with van der Waals surface area (Å²) in [4.78, 5) is 25.9. The number of benzene rings is 1. The largest absolute Gasteiger partial charge is 0.478 e. The third-order valence-corrected chi connectivity index (χ3v) is 4.30. The lowest BCUT2D eigenvalue weighted by Gasteiger charge is -2.25. The van der Waals surface area contributed by atoms with Crippen LogP contribution in [0, 0.1) is 12.8 Å². The second kappa shape index (κ2) is 6.08. The summed E-state index contributed by atoms with van der Waals surface area (Å²) in [5, 5.41) is 9.16. The Morgan fingerprint density at radius 3 is 2.55 bits per heavy atom. The van der Waals surface area contributed by atoms with E-state index in [0.717, 1.165) is 31.4 Å². The maximum atomic E-state index is 12.8. The van der Waals surface area contributed by atoms with E-state index in [1.807, 2.05) is 11.8 Å². The molecule has 1 aliphatic carbocycles. The minimum atomic E-state index is -1.00. The van der Waals surface area contributed by atoms with Gasteiger partial charge in [-0.3, -0.25) is 4.79 Å². The first-order valence-corrected chi connectivity index (χ1v) is 7.78. The molecule has 2 fully saturated rings. The van der Waals surface area contributed by atoms with Gasteiger partial charge in [0.25, 0.3) is 5.91 Å². The Kier molecular flexibility index (Phi) is 4.16. The van der Waals surface area contributed by atoms with Crippen molar-refractivity contribution in [2.24, 2.45) is 5.92 Å². The predicted octanol–water partition coefficient (Wildman–Crippen LogP) is 2.33. The summed E-state index contributed by atoms with van der Waals surface area (Å²) >= 11 is 0. The summed E-state index contributed by atoms with van der Waals surface area (Å²) in [6, 6.07) is 5.15. The van der Waals surface area contributed by atoms with Crippen molar-refractivity contribution in [3.05, 3.63) is 34.9 Å². The number of hydrogen-bond donors (Lipinski definition) is 1. The molecule has 1 atom stereocenters. The van der Waals surface area contributed by atoms with Crippen molar-refractivity contribution < 1.29 is 19.4 Å². The Labute approximate surface area is 129 Å². The van der Waals surface area contributed by atoms with Gasteiger partial charge in [0.15, 0.2) is 0 Å². The van der Waals surface area contributed by atoms with Gasteiger partial charge in [-0.1, -0.05) is 0 Å². The molecule has 1 unspecified atom stereocenters. The lowest BCUT2D eigenvalue weighted by atomic mass is 10.0. The van der Waals surface area contributed by atoms with Crippen LogP contribution in [0.15, 0.2) is 18.2 Å². The molecule has 3 rings (SSSR count). The van der Waals surface area contributed by atoms with Crippen LogP contribution in [0.5, 0.6) is 0 Å². The van der Waals surface area contributed by atoms with Gasteiger partial charge in [-0.05, 0) is 49.9 Å². The van der Waals surface area contributed by atoms with Crippen LogP contribution in [0.3, 0.4) is 0 Å². The van der Waals surface area contributed by atoms with Gasteiger partial charge in [0.05, 0.1) is 12.2 Å². The van der Waals surface area contributed by atoms with Crippen LogP contribution in [0.1, 0.15) is 45.5 Å². The van der Waals surface area contributed by atoms with Gasteiger partial charge in [-0.15, -0.1) is 0 Å². The summed E-state index contributed by atoms with van der Waals surface area (Å²) in [5.74, 6) is -0.659. The van der Waals surface area contributed by atoms with Gasteiger partial charge >= 0.3 is 5.97 Å². The number of carbonyl (C=O) groups is 2. The molecule has 1 amide bonds. The summed E-state index contributed by atoms with van der Waals surface area (Å²) in [6.45, 7) is 4.00. The number of amides is 1. The maximum Gasteiger partial charge on any atom is 0.335 e. The van der Waals surface area contributed by atoms with Crippen LogP contribution in [-0.4, -0.2) is 47.7 Å². The molecule has 0 bridgehead atoms. The number of nitrogens with zero attached hydrogens (tertiary/aromatic N) is 1. The van der Waals surface area contributed by atoms with Crippen molar-refractivity contribution in [3.63, 3.8) is 0 Å². The lowest BCUT2D eigenvalue weighted by Crippen LogP contribution is -2.37. The average molecular weight is 303 g/mol. The molecule has 2 aliphatic rings. The molecule has 1 aromatic rings. The molecule has 5 heteroatoms. The second-order valence-electron chi connectivity index (χ2n) is 6.31. The molecule has 1 saturated carbocycles. The van der Waals surface area contributed by atoms with E-state index in [1.165, 1.54) is 6.07 Å². The average Bonchev–Trinajstić information content (AvgIpc) is 3.20. The van der Waals surface area contributed by atoms with Gasteiger partial charge in [0, 0.05) is 30.7 Å². The molecule has 1 heterocycles. The molecule has 1 aliphatic heterocycles. The maximum absolute atomic E-state index is 12.8. The number of carboxylic acids is 1. The Bertz CT molecular complexity index is 588. The zero-order chi connectivity index (χ0) is 15.7. The van der Waals surface area contributed by atoms with Crippen molar-refractivity contribution in [1.82, 2.24) is 4.90 Å². The number of aryl methyl sites for hydroxylation is 1. The van der Waals surface area contributed by atoms with Crippen molar-refractivity contribution >= 4 is 11.9 Å². The fourth-order valence-corrected chi connectivity index (χ4v) is 2.99. The number of carbonyl (C=O) groups excluding carboxylic acids is 1. The van der Waals surface area contributed by atoms with Crippen molar-refractivity contribution in [3.8, 4) is 0 Å². The molecule has 0 radical (unpaired) electrons. The van der Waals surface area contributed by atoms with Gasteiger partial charge in [-0.2, -0.15) is 0 Å². The van der Waals surface area contributed by atoms with Crippen LogP contribution in [0.25, 0.3) is 0 Å². The first-order valence-electron chi connectivity index (χ1n) is 7.78. The van der Waals surface area contributed by atoms with Crippen LogP contribution < -0.4 is 0 Å². The first-order chi connectivity index (χ1) is 10.5. The third-order valence-electron chi connectivity index (χ3n) is 4.30. The second-order valence-corrected chi connectivity index (χ2v) is 6.31. The minimum Gasteiger partial charge on any atom is -0.478 e. The smallest absolute Gasteiger partial charge is 0.335 e. The highest BCUT2D eigenvalue weighted by Gasteiger charge is 2.35. The van der Waals surface area contributed by atoms with Gasteiger partial charge < -0.3 is 14.7 Å². The van der Waals surface area contributed by atoms with Crippen molar-refractivity contribution in [2.45, 2.75) is 32.2 Å². The molecule has 0 aromatic heterocycles. The van der Waals surface area contributed by atoms with E-state index in [-0.39, 0.29) is 11.5 Å². The highest BCUT2D eigenvalue weighted by Crippen LogP contribution is 2.30. The predicted molar refractivity (Wildman–Crippen MR) is 81.1 cm³/mol. The minimum absolute atomic E-state index is 0.0550. The summed E-state index contributed by atoms with van der Waals surface area (Å²) < 4.78 is 5.40. The molecule has 22 heavy (non-hydrogen) atoms. The van der Waals surface area contributed by atoms with Crippen molar-refractivity contribution in [1.29, 1.82) is 0 Å². The number of rotatable bonds is 5. The summed E-state index contributed by atoms with van der Waals surface area (Å²) in [6.07, 6.45) is 3.07. The number of aromatic carboxylic acids is 1. The van der Waals surface area contributed by atoms with E-state index in [9.17, 15) is 9.59 Å². The topological polar surface area (TPSA) is 66.8 Å². The van der Waals surface area contributed by atoms with Gasteiger partial charge in [0.1, 0.15) is 0 Å². The van der Waals surface area contributed by atoms with Gasteiger partial charge in [-0.25, -0.2) is 4.79 Å². The Morgan fingerprint density at radius 1 is 1.23 bits per heavy atom. The monoisotopic (exact) mass is 303 g/mol. The normalized spacial score (nSPS) is 20.9. The fourth-order valence-electron chi connectivity index (χ4n) is 2.99. The number of carboxylic acid groups (broad SMARTS) is 1. The zero-order valence-electron chi connectivity index (χ0n) is 12.7. The van der Waals surface area contributed by atoms with E-state index in [1.54, 1.807) is 12.1 Å². The standard InChI is InChI=1S/C17H21NO4/c1-11-6-13(8-14(7-11)17(20)21)16(19)18(15-2-3-15)9-12-4-5-22-10-12/h6-8,12,15H,2-5,9-10H2,1H3,(H,20,21). The highest BCUT2D eigenvalue weighted by atomic mass is 16.5. The molecular formula is C17H21NO4. The quantitative estimate of drug-likeness (QED) is 0.906. The molecule has 1 N–H and O–H groups in total. The summed E-state index contributed by atoms with van der Waals surface area (Å²) in [5.41, 5.74) is 1.44.